The zero-order valence-electron chi connectivity index (χ0n) is 17.3. The van der Waals surface area contributed by atoms with Gasteiger partial charge in [-0.3, -0.25) is 0 Å². The van der Waals surface area contributed by atoms with Gasteiger partial charge in [-0.2, -0.15) is 18.4 Å². The van der Waals surface area contributed by atoms with Crippen LogP contribution < -0.4 is 0 Å². The summed E-state index contributed by atoms with van der Waals surface area (Å²) in [4.78, 5) is 0. The number of aryl methyl sites for hydroxylation is 1. The second kappa shape index (κ2) is 8.60. The van der Waals surface area contributed by atoms with E-state index in [1.807, 2.05) is 73.7 Å². The molecule has 0 bridgehead atoms. The minimum Gasteiger partial charge on any atom is -0.313 e. The highest BCUT2D eigenvalue weighted by atomic mass is 19.4. The van der Waals surface area contributed by atoms with Gasteiger partial charge in [0.15, 0.2) is 0 Å². The van der Waals surface area contributed by atoms with Gasteiger partial charge < -0.3 is 4.57 Å². The van der Waals surface area contributed by atoms with Gasteiger partial charge in [0.2, 0.25) is 0 Å². The van der Waals surface area contributed by atoms with Crippen LogP contribution in [0.1, 0.15) is 22.4 Å². The summed E-state index contributed by atoms with van der Waals surface area (Å²) >= 11 is 0. The Bertz CT molecular complexity index is 1290. The first kappa shape index (κ1) is 21.2. The Morgan fingerprint density at radius 1 is 0.875 bits per heavy atom. The molecule has 0 amide bonds. The van der Waals surface area contributed by atoms with Crippen LogP contribution >= 0.6 is 0 Å². The zero-order valence-corrected chi connectivity index (χ0v) is 17.3. The number of halogens is 3. The summed E-state index contributed by atoms with van der Waals surface area (Å²) in [6.45, 7) is 1.99. The third-order valence-electron chi connectivity index (χ3n) is 5.22. The largest absolute Gasteiger partial charge is 0.416 e. The second-order valence-electron chi connectivity index (χ2n) is 7.37. The van der Waals surface area contributed by atoms with Crippen molar-refractivity contribution >= 4 is 11.6 Å². The molecule has 0 fully saturated rings. The van der Waals surface area contributed by atoms with E-state index in [4.69, 9.17) is 0 Å². The summed E-state index contributed by atoms with van der Waals surface area (Å²) < 4.78 is 40.9. The van der Waals surface area contributed by atoms with Crippen molar-refractivity contribution in [3.63, 3.8) is 0 Å². The van der Waals surface area contributed by atoms with Crippen molar-refractivity contribution in [2.45, 2.75) is 13.1 Å². The SMILES string of the molecule is Cc1cc(/C=C(/C#N)c2ccc(C(F)(F)F)cc2)c(-c2ccccc2)n1-c1ccccc1. The molecule has 0 radical (unpaired) electrons. The van der Waals surface area contributed by atoms with Gasteiger partial charge in [0.05, 0.1) is 22.9 Å². The first-order valence-corrected chi connectivity index (χ1v) is 10.0. The lowest BCUT2D eigenvalue weighted by Crippen LogP contribution is -2.04. The topological polar surface area (TPSA) is 28.7 Å². The fraction of sp³-hybridized carbons (Fsp3) is 0.0741. The molecule has 4 rings (SSSR count). The van der Waals surface area contributed by atoms with Gasteiger partial charge >= 0.3 is 6.18 Å². The predicted octanol–water partition coefficient (Wildman–Crippen LogP) is 7.54. The van der Waals surface area contributed by atoms with Gasteiger partial charge in [0, 0.05) is 16.9 Å². The average molecular weight is 428 g/mol. The maximum absolute atomic E-state index is 12.9. The molecule has 0 saturated heterocycles. The Morgan fingerprint density at radius 3 is 2.03 bits per heavy atom. The van der Waals surface area contributed by atoms with E-state index in [9.17, 15) is 18.4 Å². The van der Waals surface area contributed by atoms with E-state index in [2.05, 4.69) is 10.6 Å². The number of hydrogen-bond acceptors (Lipinski definition) is 1. The molecule has 0 aliphatic heterocycles. The van der Waals surface area contributed by atoms with Crippen LogP contribution in [0, 0.1) is 18.3 Å². The molecule has 0 aliphatic rings. The average Bonchev–Trinajstić information content (AvgIpc) is 3.13. The van der Waals surface area contributed by atoms with Crippen molar-refractivity contribution in [3.05, 3.63) is 113 Å². The highest BCUT2D eigenvalue weighted by Gasteiger charge is 2.30. The molecule has 5 heteroatoms. The Kier molecular flexibility index (Phi) is 5.70. The monoisotopic (exact) mass is 428 g/mol. The smallest absolute Gasteiger partial charge is 0.313 e. The van der Waals surface area contributed by atoms with Gasteiger partial charge in [-0.05, 0) is 54.5 Å². The van der Waals surface area contributed by atoms with Crippen LogP contribution in [0.2, 0.25) is 0 Å². The Balaban J connectivity index is 1.88. The van der Waals surface area contributed by atoms with Crippen molar-refractivity contribution in [2.75, 3.05) is 0 Å². The van der Waals surface area contributed by atoms with Crippen LogP contribution in [0.3, 0.4) is 0 Å². The molecule has 0 spiro atoms. The molecule has 158 valence electrons. The molecular weight excluding hydrogens is 409 g/mol. The van der Waals surface area contributed by atoms with Gasteiger partial charge in [0.25, 0.3) is 0 Å². The summed E-state index contributed by atoms with van der Waals surface area (Å²) in [5, 5.41) is 9.78. The molecule has 1 heterocycles. The van der Waals surface area contributed by atoms with E-state index in [1.54, 1.807) is 6.08 Å². The minimum atomic E-state index is -4.42. The third-order valence-corrected chi connectivity index (χ3v) is 5.22. The van der Waals surface area contributed by atoms with E-state index < -0.39 is 11.7 Å². The summed E-state index contributed by atoms with van der Waals surface area (Å²) in [6.07, 6.45) is -2.68. The Hall–Kier alpha value is -4.04. The fourth-order valence-electron chi connectivity index (χ4n) is 3.75. The van der Waals surface area contributed by atoms with Gasteiger partial charge in [-0.15, -0.1) is 0 Å². The van der Waals surface area contributed by atoms with Crippen LogP contribution in [0.5, 0.6) is 0 Å². The summed E-state index contributed by atoms with van der Waals surface area (Å²) in [5.74, 6) is 0. The lowest BCUT2D eigenvalue weighted by atomic mass is 10.0. The number of nitriles is 1. The first-order chi connectivity index (χ1) is 15.4. The van der Waals surface area contributed by atoms with Crippen LogP contribution in [0.4, 0.5) is 13.2 Å². The van der Waals surface area contributed by atoms with E-state index in [-0.39, 0.29) is 0 Å². The van der Waals surface area contributed by atoms with Crippen LogP contribution in [0.15, 0.2) is 91.0 Å². The van der Waals surface area contributed by atoms with Crippen molar-refractivity contribution in [2.24, 2.45) is 0 Å². The molecule has 0 atom stereocenters. The highest BCUT2D eigenvalue weighted by molar-refractivity contribution is 5.93. The molecule has 0 saturated carbocycles. The van der Waals surface area contributed by atoms with E-state index >= 15 is 0 Å². The summed E-state index contributed by atoms with van der Waals surface area (Å²) in [6, 6.07) is 28.5. The van der Waals surface area contributed by atoms with Gasteiger partial charge in [-0.1, -0.05) is 60.7 Å². The van der Waals surface area contributed by atoms with Gasteiger partial charge in [-0.25, -0.2) is 0 Å². The summed E-state index contributed by atoms with van der Waals surface area (Å²) in [5.41, 5.74) is 4.64. The molecule has 1 aromatic heterocycles. The predicted molar refractivity (Wildman–Crippen MR) is 121 cm³/mol. The number of hydrogen-bond donors (Lipinski definition) is 0. The lowest BCUT2D eigenvalue weighted by Gasteiger charge is -2.13. The maximum atomic E-state index is 12.9. The molecule has 3 aromatic carbocycles. The van der Waals surface area contributed by atoms with Gasteiger partial charge in [0.1, 0.15) is 0 Å². The second-order valence-corrected chi connectivity index (χ2v) is 7.37. The number of alkyl halides is 3. The number of allylic oxidation sites excluding steroid dienone is 1. The van der Waals surface area contributed by atoms with Crippen molar-refractivity contribution < 1.29 is 13.2 Å². The number of benzene rings is 3. The highest BCUT2D eigenvalue weighted by Crippen LogP contribution is 2.34. The summed E-state index contributed by atoms with van der Waals surface area (Å²) in [7, 11) is 0. The van der Waals surface area contributed by atoms with Crippen LogP contribution in [0.25, 0.3) is 28.6 Å². The molecule has 4 aromatic rings. The quantitative estimate of drug-likeness (QED) is 0.309. The zero-order chi connectivity index (χ0) is 22.7. The van der Waals surface area contributed by atoms with Crippen molar-refractivity contribution in [3.8, 4) is 23.0 Å². The standard InChI is InChI=1S/C27H19F3N2/c1-19-16-22(17-23(18-31)20-12-14-24(15-13-20)27(28,29)30)26(21-8-4-2-5-9-21)32(19)25-10-6-3-7-11-25/h2-17H,1H3/b23-17-. The lowest BCUT2D eigenvalue weighted by molar-refractivity contribution is -0.137. The number of para-hydroxylation sites is 1. The van der Waals surface area contributed by atoms with E-state index in [1.165, 1.54) is 12.1 Å². The number of aromatic nitrogens is 1. The molecule has 0 N–H and O–H groups in total. The molecule has 0 aliphatic carbocycles. The normalized spacial score (nSPS) is 11.9. The number of nitrogens with zero attached hydrogens (tertiary/aromatic N) is 2. The maximum Gasteiger partial charge on any atom is 0.416 e. The third kappa shape index (κ3) is 4.21. The van der Waals surface area contributed by atoms with Crippen LogP contribution in [-0.4, -0.2) is 4.57 Å². The molecule has 32 heavy (non-hydrogen) atoms. The van der Waals surface area contributed by atoms with E-state index in [0.717, 1.165) is 40.3 Å². The fourth-order valence-corrected chi connectivity index (χ4v) is 3.75. The van der Waals surface area contributed by atoms with Crippen molar-refractivity contribution in [1.82, 2.24) is 4.57 Å². The number of rotatable bonds is 4. The molecular formula is C27H19F3N2. The molecule has 2 nitrogen and oxygen atoms in total. The molecule has 0 unspecified atom stereocenters. The Morgan fingerprint density at radius 2 is 1.47 bits per heavy atom. The van der Waals surface area contributed by atoms with E-state index in [0.29, 0.717) is 11.1 Å². The first-order valence-electron chi connectivity index (χ1n) is 10.0. The minimum absolute atomic E-state index is 0.293. The van der Waals surface area contributed by atoms with Crippen LogP contribution in [-0.2, 0) is 6.18 Å². The van der Waals surface area contributed by atoms with Crippen molar-refractivity contribution in [1.29, 1.82) is 5.26 Å². The Labute approximate surface area is 184 Å².